The SMILES string of the molecule is C/C=C/C(F)S(=O)(=O)Nc1ccc(OC)cc1C(=O)c1nc(C)nc(OC)n1. The summed E-state index contributed by atoms with van der Waals surface area (Å²) >= 11 is 0. The van der Waals surface area contributed by atoms with Crippen LogP contribution in [0.2, 0.25) is 0 Å². The first kappa shape index (κ1) is 21.2. The van der Waals surface area contributed by atoms with Gasteiger partial charge in [0.25, 0.3) is 10.0 Å². The van der Waals surface area contributed by atoms with Crippen LogP contribution in [0.5, 0.6) is 11.8 Å². The number of carbonyl (C=O) groups excluding carboxylic acids is 1. The minimum Gasteiger partial charge on any atom is -0.497 e. The molecule has 0 aliphatic rings. The fraction of sp³-hybridized carbons (Fsp3) is 0.294. The van der Waals surface area contributed by atoms with Crippen molar-refractivity contribution in [3.05, 3.63) is 47.6 Å². The third-order valence-corrected chi connectivity index (χ3v) is 4.73. The molecule has 0 aliphatic heterocycles. The molecule has 0 amide bonds. The van der Waals surface area contributed by atoms with Gasteiger partial charge in [-0.2, -0.15) is 9.97 Å². The minimum atomic E-state index is -4.43. The highest BCUT2D eigenvalue weighted by Crippen LogP contribution is 2.26. The molecule has 1 aromatic heterocycles. The number of ether oxygens (including phenoxy) is 2. The highest BCUT2D eigenvalue weighted by Gasteiger charge is 2.26. The van der Waals surface area contributed by atoms with E-state index in [-0.39, 0.29) is 34.7 Å². The van der Waals surface area contributed by atoms with Gasteiger partial charge in [0.15, 0.2) is 0 Å². The number of anilines is 1. The Hall–Kier alpha value is -3.08. The van der Waals surface area contributed by atoms with E-state index in [2.05, 4.69) is 19.7 Å². The van der Waals surface area contributed by atoms with Crippen LogP contribution in [0, 0.1) is 6.92 Å². The van der Waals surface area contributed by atoms with Crippen LogP contribution in [0.15, 0.2) is 30.4 Å². The number of nitrogens with zero attached hydrogens (tertiary/aromatic N) is 3. The molecule has 1 aromatic carbocycles. The highest BCUT2D eigenvalue weighted by molar-refractivity contribution is 7.93. The molecule has 1 heterocycles. The van der Waals surface area contributed by atoms with Crippen molar-refractivity contribution in [2.24, 2.45) is 0 Å². The van der Waals surface area contributed by atoms with E-state index in [1.807, 2.05) is 0 Å². The first-order valence-electron chi connectivity index (χ1n) is 7.99. The molecular weight excluding hydrogens is 391 g/mol. The van der Waals surface area contributed by atoms with Crippen molar-refractivity contribution in [3.8, 4) is 11.8 Å². The molecule has 150 valence electrons. The van der Waals surface area contributed by atoms with Gasteiger partial charge in [-0.05, 0) is 38.1 Å². The Morgan fingerprint density at radius 1 is 1.21 bits per heavy atom. The third kappa shape index (κ3) is 4.80. The maximum absolute atomic E-state index is 13.9. The molecule has 11 heteroatoms. The van der Waals surface area contributed by atoms with Crippen molar-refractivity contribution in [1.29, 1.82) is 0 Å². The predicted octanol–water partition coefficient (Wildman–Crippen LogP) is 2.04. The van der Waals surface area contributed by atoms with Gasteiger partial charge in [-0.15, -0.1) is 0 Å². The van der Waals surface area contributed by atoms with Crippen molar-refractivity contribution in [3.63, 3.8) is 0 Å². The van der Waals surface area contributed by atoms with Gasteiger partial charge in [0, 0.05) is 0 Å². The van der Waals surface area contributed by atoms with Crippen LogP contribution in [0.4, 0.5) is 10.1 Å². The summed E-state index contributed by atoms with van der Waals surface area (Å²) in [6.07, 6.45) is 2.14. The number of benzene rings is 1. The van der Waals surface area contributed by atoms with E-state index in [4.69, 9.17) is 9.47 Å². The third-order valence-electron chi connectivity index (χ3n) is 3.48. The summed E-state index contributed by atoms with van der Waals surface area (Å²) in [6.45, 7) is 3.03. The number of hydrogen-bond acceptors (Lipinski definition) is 8. The summed E-state index contributed by atoms with van der Waals surface area (Å²) < 4.78 is 50.4. The molecule has 0 saturated heterocycles. The first-order chi connectivity index (χ1) is 13.2. The number of ketones is 1. The van der Waals surface area contributed by atoms with Crippen LogP contribution in [-0.2, 0) is 10.0 Å². The van der Waals surface area contributed by atoms with Crippen LogP contribution in [-0.4, -0.2) is 48.9 Å². The largest absolute Gasteiger partial charge is 0.497 e. The number of methoxy groups -OCH3 is 2. The highest BCUT2D eigenvalue weighted by atomic mass is 32.2. The first-order valence-corrected chi connectivity index (χ1v) is 9.54. The van der Waals surface area contributed by atoms with E-state index in [0.717, 1.165) is 6.08 Å². The zero-order chi connectivity index (χ0) is 20.9. The van der Waals surface area contributed by atoms with Gasteiger partial charge in [-0.25, -0.2) is 17.8 Å². The summed E-state index contributed by atoms with van der Waals surface area (Å²) in [4.78, 5) is 24.7. The summed E-state index contributed by atoms with van der Waals surface area (Å²) in [5.74, 6) is -0.462. The van der Waals surface area contributed by atoms with Crippen LogP contribution in [0.3, 0.4) is 0 Å². The monoisotopic (exact) mass is 410 g/mol. The number of sulfonamides is 1. The second-order valence-corrected chi connectivity index (χ2v) is 7.20. The molecule has 0 radical (unpaired) electrons. The molecule has 0 aliphatic carbocycles. The number of hydrogen-bond donors (Lipinski definition) is 1. The van der Waals surface area contributed by atoms with E-state index in [0.29, 0.717) is 0 Å². The fourth-order valence-electron chi connectivity index (χ4n) is 2.16. The maximum atomic E-state index is 13.9. The number of aryl methyl sites for hydroxylation is 1. The van der Waals surface area contributed by atoms with Crippen molar-refractivity contribution >= 4 is 21.5 Å². The lowest BCUT2D eigenvalue weighted by Gasteiger charge is -2.14. The number of alkyl halides is 1. The van der Waals surface area contributed by atoms with Crippen molar-refractivity contribution in [2.45, 2.75) is 19.4 Å². The predicted molar refractivity (Wildman–Crippen MR) is 99.8 cm³/mol. The van der Waals surface area contributed by atoms with Gasteiger partial charge in [0.05, 0.1) is 25.5 Å². The summed E-state index contributed by atoms with van der Waals surface area (Å²) in [5, 5.41) is 0. The van der Waals surface area contributed by atoms with Gasteiger partial charge in [-0.3, -0.25) is 9.52 Å². The van der Waals surface area contributed by atoms with Crippen LogP contribution in [0.1, 0.15) is 28.9 Å². The number of allylic oxidation sites excluding steroid dienone is 1. The number of halogens is 1. The summed E-state index contributed by atoms with van der Waals surface area (Å²) in [6, 6.07) is 3.95. The van der Waals surface area contributed by atoms with Gasteiger partial charge in [0.1, 0.15) is 11.6 Å². The quantitative estimate of drug-likeness (QED) is 0.518. The Bertz CT molecular complexity index is 1010. The average molecular weight is 410 g/mol. The van der Waals surface area contributed by atoms with E-state index >= 15 is 0 Å². The van der Waals surface area contributed by atoms with Gasteiger partial charge in [0.2, 0.25) is 17.1 Å². The van der Waals surface area contributed by atoms with E-state index in [1.165, 1.54) is 45.4 Å². The molecule has 0 saturated carbocycles. The molecule has 9 nitrogen and oxygen atoms in total. The molecule has 0 bridgehead atoms. The lowest BCUT2D eigenvalue weighted by molar-refractivity contribution is 0.102. The van der Waals surface area contributed by atoms with Crippen LogP contribution < -0.4 is 14.2 Å². The molecule has 28 heavy (non-hydrogen) atoms. The Kier molecular flexibility index (Phi) is 6.62. The van der Waals surface area contributed by atoms with Crippen molar-refractivity contribution in [2.75, 3.05) is 18.9 Å². The van der Waals surface area contributed by atoms with Crippen molar-refractivity contribution < 1.29 is 27.1 Å². The molecule has 1 atom stereocenters. The van der Waals surface area contributed by atoms with E-state index < -0.39 is 21.3 Å². The maximum Gasteiger partial charge on any atom is 0.320 e. The second-order valence-electron chi connectivity index (χ2n) is 5.46. The van der Waals surface area contributed by atoms with Gasteiger partial charge >= 0.3 is 6.01 Å². The van der Waals surface area contributed by atoms with Gasteiger partial charge in [-0.1, -0.05) is 6.08 Å². The molecule has 0 fully saturated rings. The Labute approximate surface area is 161 Å². The minimum absolute atomic E-state index is 0.0715. The normalized spacial score (nSPS) is 12.6. The lowest BCUT2D eigenvalue weighted by Crippen LogP contribution is -2.24. The topological polar surface area (TPSA) is 120 Å². The number of rotatable bonds is 8. The lowest BCUT2D eigenvalue weighted by atomic mass is 10.1. The van der Waals surface area contributed by atoms with Crippen LogP contribution >= 0.6 is 0 Å². The Morgan fingerprint density at radius 2 is 1.93 bits per heavy atom. The Balaban J connectivity index is 2.54. The smallest absolute Gasteiger partial charge is 0.320 e. The van der Waals surface area contributed by atoms with Crippen molar-refractivity contribution in [1.82, 2.24) is 15.0 Å². The fourth-order valence-corrected chi connectivity index (χ4v) is 3.12. The average Bonchev–Trinajstić information content (AvgIpc) is 2.67. The molecule has 1 unspecified atom stereocenters. The number of aromatic nitrogens is 3. The second kappa shape index (κ2) is 8.74. The molecule has 1 N–H and O–H groups in total. The zero-order valence-electron chi connectivity index (χ0n) is 15.6. The summed E-state index contributed by atoms with van der Waals surface area (Å²) in [5.41, 5.74) is -2.56. The van der Waals surface area contributed by atoms with Crippen LogP contribution in [0.25, 0.3) is 0 Å². The molecular formula is C17H19FN4O5S. The standard InChI is InChI=1S/C17H19FN4O5S/c1-5-6-14(18)28(24,25)22-13-8-7-11(26-3)9-12(13)15(23)16-19-10(2)20-17(21-16)27-4/h5-9,14,22H,1-4H3/b6-5+. The van der Waals surface area contributed by atoms with E-state index in [1.54, 1.807) is 6.92 Å². The number of carbonyl (C=O) groups is 1. The molecule has 2 rings (SSSR count). The number of nitrogens with one attached hydrogen (secondary N) is 1. The summed E-state index contributed by atoms with van der Waals surface area (Å²) in [7, 11) is -1.72. The zero-order valence-corrected chi connectivity index (χ0v) is 16.4. The Morgan fingerprint density at radius 3 is 2.54 bits per heavy atom. The molecule has 2 aromatic rings. The van der Waals surface area contributed by atoms with E-state index in [9.17, 15) is 17.6 Å². The molecule has 0 spiro atoms. The van der Waals surface area contributed by atoms with Gasteiger partial charge < -0.3 is 9.47 Å².